The summed E-state index contributed by atoms with van der Waals surface area (Å²) >= 11 is -3.50. The molecule has 0 rings (SSSR count). The van der Waals surface area contributed by atoms with Gasteiger partial charge in [0.2, 0.25) is 0 Å². The minimum absolute atomic E-state index is 0. The Morgan fingerprint density at radius 3 is 1.00 bits per heavy atom. The fourth-order valence-electron chi connectivity index (χ4n) is 0. The van der Waals surface area contributed by atoms with E-state index in [2.05, 4.69) is 0 Å². The van der Waals surface area contributed by atoms with E-state index >= 15 is 0 Å². The van der Waals surface area contributed by atoms with E-state index in [1.807, 2.05) is 0 Å². The van der Waals surface area contributed by atoms with Gasteiger partial charge in [0, 0.05) is 0 Å². The molecule has 0 saturated carbocycles. The van der Waals surface area contributed by atoms with Crippen LogP contribution in [0.25, 0.3) is 0 Å². The second-order valence-corrected chi connectivity index (χ2v) is 0.577. The van der Waals surface area contributed by atoms with Crippen molar-refractivity contribution in [2.45, 2.75) is 0 Å². The number of hydrogen-bond donors (Lipinski definition) is 0. The van der Waals surface area contributed by atoms with Crippen LogP contribution in [0.15, 0.2) is 0 Å². The molecular weight excluding hydrogens is 190 g/mol. The summed E-state index contributed by atoms with van der Waals surface area (Å²) in [5, 5.41) is 0. The predicted octanol–water partition coefficient (Wildman–Crippen LogP) is -3.65. The fraction of sp³-hybridized carbons (Fsp3) is 0. The van der Waals surface area contributed by atoms with Crippen LogP contribution in [0.4, 0.5) is 0 Å². The van der Waals surface area contributed by atoms with E-state index < -0.39 is 31.0 Å². The Kier molecular flexibility index (Phi) is 103. The molecule has 0 radical (unpaired) electrons. The first kappa shape index (κ1) is 22.5. The summed E-state index contributed by atoms with van der Waals surface area (Å²) < 4.78 is 33.8. The standard InChI is InChI=1S/2Al.Ca.4O.H2S/h;;;;;;;1H2/q;;+2;;;2*-1;. The van der Waals surface area contributed by atoms with Gasteiger partial charge in [0.25, 0.3) is 0 Å². The predicted molar refractivity (Wildman–Crippen MR) is 29.0 cm³/mol. The van der Waals surface area contributed by atoms with Crippen LogP contribution in [0.3, 0.4) is 0 Å². The van der Waals surface area contributed by atoms with Gasteiger partial charge in [0.1, 0.15) is 0 Å². The molecule has 0 aliphatic rings. The average Bonchev–Trinajstić information content (AvgIpc) is 1.39. The summed E-state index contributed by atoms with van der Waals surface area (Å²) in [6.45, 7) is 0. The van der Waals surface area contributed by atoms with E-state index in [0.29, 0.717) is 0 Å². The summed E-state index contributed by atoms with van der Waals surface area (Å²) in [6, 6.07) is 0. The van der Waals surface area contributed by atoms with Crippen molar-refractivity contribution in [3.05, 3.63) is 0 Å². The van der Waals surface area contributed by atoms with Gasteiger partial charge in [-0.15, -0.1) is 0 Å². The topological polar surface area (TPSA) is 80.3 Å². The van der Waals surface area contributed by atoms with Crippen molar-refractivity contribution < 1.29 is 15.9 Å². The van der Waals surface area contributed by atoms with E-state index in [1.165, 1.54) is 0 Å². The molecule has 0 unspecified atom stereocenters. The first-order valence-corrected chi connectivity index (χ1v) is 2.83. The zero-order valence-corrected chi connectivity index (χ0v) is 9.51. The summed E-state index contributed by atoms with van der Waals surface area (Å²) in [5.74, 6) is 0. The molecule has 0 atom stereocenters. The molecule has 0 heterocycles. The summed E-state index contributed by atoms with van der Waals surface area (Å²) in [7, 11) is 0. The van der Waals surface area contributed by atoms with Gasteiger partial charge in [-0.1, -0.05) is 0 Å². The second kappa shape index (κ2) is 36.7. The van der Waals surface area contributed by atoms with E-state index in [1.54, 1.807) is 0 Å². The first-order chi connectivity index (χ1) is 2.83. The van der Waals surface area contributed by atoms with E-state index in [9.17, 15) is 0 Å². The molecule has 0 aliphatic carbocycles. The Balaban J connectivity index is -0.0000000160. The number of rotatable bonds is 0. The Bertz CT molecular complexity index is 35.0. The van der Waals surface area contributed by atoms with Crippen molar-refractivity contribution >= 4 is 82.2 Å². The van der Waals surface area contributed by atoms with E-state index in [-0.39, 0.29) is 51.2 Å². The normalized spacial score (nSPS) is 2.00. The third-order valence-corrected chi connectivity index (χ3v) is 0. The van der Waals surface area contributed by atoms with Crippen molar-refractivity contribution in [3.8, 4) is 0 Å². The van der Waals surface area contributed by atoms with Crippen LogP contribution in [0.2, 0.25) is 0 Å². The first-order valence-electron chi connectivity index (χ1n) is 0.943. The van der Waals surface area contributed by atoms with Crippen LogP contribution >= 0.6 is 13.5 Å². The quantitative estimate of drug-likeness (QED) is 0.371. The molecule has 0 aromatic carbocycles. The van der Waals surface area contributed by atoms with Crippen LogP contribution < -0.4 is 8.32 Å². The molecule has 0 aromatic heterocycles. The maximum absolute atomic E-state index is 8.46. The van der Waals surface area contributed by atoms with Gasteiger partial charge in [-0.05, 0) is 0 Å². The summed E-state index contributed by atoms with van der Waals surface area (Å²) in [5.41, 5.74) is 0. The van der Waals surface area contributed by atoms with Gasteiger partial charge in [0.05, 0.1) is 0 Å². The van der Waals surface area contributed by atoms with Crippen LogP contribution in [0.1, 0.15) is 0 Å². The van der Waals surface area contributed by atoms with Gasteiger partial charge < -0.3 is 0 Å². The molecule has 8 heteroatoms. The van der Waals surface area contributed by atoms with E-state index in [4.69, 9.17) is 15.9 Å². The molecule has 0 aromatic rings. The molecule has 8 heavy (non-hydrogen) atoms. The van der Waals surface area contributed by atoms with Gasteiger partial charge in [-0.2, -0.15) is 13.5 Å². The van der Waals surface area contributed by atoms with Gasteiger partial charge in [-0.3, -0.25) is 0 Å². The molecule has 4 nitrogen and oxygen atoms in total. The molecule has 0 spiro atoms. The summed E-state index contributed by atoms with van der Waals surface area (Å²) in [4.78, 5) is 0. The van der Waals surface area contributed by atoms with Gasteiger partial charge in [-0.25, -0.2) is 0 Å². The third kappa shape index (κ3) is 106. The zero-order chi connectivity index (χ0) is 5.41. The average molecular weight is 192 g/mol. The van der Waals surface area contributed by atoms with Crippen molar-refractivity contribution in [2.24, 2.45) is 0 Å². The monoisotopic (exact) mass is 192 g/mol. The Labute approximate surface area is 96.6 Å². The Morgan fingerprint density at radius 2 is 1.00 bits per heavy atom. The molecule has 0 saturated heterocycles. The van der Waals surface area contributed by atoms with Crippen LogP contribution in [-0.2, 0) is 7.61 Å². The van der Waals surface area contributed by atoms with Crippen molar-refractivity contribution in [1.29, 1.82) is 0 Å². The van der Waals surface area contributed by atoms with Crippen molar-refractivity contribution in [2.75, 3.05) is 0 Å². The Morgan fingerprint density at radius 1 is 1.00 bits per heavy atom. The van der Waals surface area contributed by atoms with Gasteiger partial charge in [0.15, 0.2) is 0 Å². The SMILES string of the molecule is S.[Ca+2].[O]=[Al][O-].[O]=[Al][O-]. The molecule has 40 valence electrons. The van der Waals surface area contributed by atoms with Crippen LogP contribution in [0.5, 0.6) is 0 Å². The number of hydrogen-bond acceptors (Lipinski definition) is 4. The molecule has 0 amide bonds. The fourth-order valence-corrected chi connectivity index (χ4v) is 0. The molecule has 0 bridgehead atoms. The summed E-state index contributed by atoms with van der Waals surface area (Å²) in [6.07, 6.45) is 0. The Hall–Kier alpha value is 1.87. The van der Waals surface area contributed by atoms with Crippen molar-refractivity contribution in [3.63, 3.8) is 0 Å². The van der Waals surface area contributed by atoms with Gasteiger partial charge >= 0.3 is 84.6 Å². The van der Waals surface area contributed by atoms with Crippen LogP contribution in [-0.4, -0.2) is 68.7 Å². The minimum atomic E-state index is -1.75. The van der Waals surface area contributed by atoms with Crippen LogP contribution in [0, 0.1) is 0 Å². The zero-order valence-electron chi connectivity index (χ0n) is 3.99. The molecule has 0 aliphatic heterocycles. The van der Waals surface area contributed by atoms with E-state index in [0.717, 1.165) is 0 Å². The third-order valence-electron chi connectivity index (χ3n) is 0. The molecular formula is H2Al2CaO4S. The molecule has 0 N–H and O–H groups in total. The maximum atomic E-state index is 8.46. The second-order valence-electron chi connectivity index (χ2n) is 0.192. The van der Waals surface area contributed by atoms with Crippen molar-refractivity contribution in [1.82, 2.24) is 0 Å². The molecule has 0 fully saturated rings.